The summed E-state index contributed by atoms with van der Waals surface area (Å²) >= 11 is 0. The fourth-order valence-corrected chi connectivity index (χ4v) is 3.34. The lowest BCUT2D eigenvalue weighted by Gasteiger charge is -2.32. The summed E-state index contributed by atoms with van der Waals surface area (Å²) < 4.78 is 0. The van der Waals surface area contributed by atoms with Gasteiger partial charge in [0.25, 0.3) is 0 Å². The van der Waals surface area contributed by atoms with Gasteiger partial charge >= 0.3 is 0 Å². The molecule has 2 atom stereocenters. The third-order valence-corrected chi connectivity index (χ3v) is 4.49. The van der Waals surface area contributed by atoms with Crippen molar-refractivity contribution in [2.75, 3.05) is 18.4 Å². The van der Waals surface area contributed by atoms with Crippen LogP contribution in [-0.2, 0) is 9.59 Å². The Morgan fingerprint density at radius 2 is 1.80 bits per heavy atom. The van der Waals surface area contributed by atoms with Gasteiger partial charge in [-0.25, -0.2) is 10.9 Å². The van der Waals surface area contributed by atoms with Gasteiger partial charge in [0.05, 0.1) is 6.04 Å². The van der Waals surface area contributed by atoms with Crippen LogP contribution in [0.3, 0.4) is 0 Å². The third-order valence-electron chi connectivity index (χ3n) is 4.49. The second-order valence-corrected chi connectivity index (χ2v) is 6.12. The van der Waals surface area contributed by atoms with Crippen molar-refractivity contribution in [2.24, 2.45) is 0 Å². The average molecular weight is 337 g/mol. The molecule has 2 aliphatic heterocycles. The molecule has 0 aliphatic carbocycles. The van der Waals surface area contributed by atoms with Crippen molar-refractivity contribution in [3.63, 3.8) is 0 Å². The van der Waals surface area contributed by atoms with E-state index in [9.17, 15) is 9.59 Å². The molecular formula is C18H19N5O2. The van der Waals surface area contributed by atoms with E-state index in [0.29, 0.717) is 6.54 Å². The number of hydrogen-bond acceptors (Lipinski definition) is 5. The monoisotopic (exact) mass is 337 g/mol. The fourth-order valence-electron chi connectivity index (χ4n) is 3.34. The predicted molar refractivity (Wildman–Crippen MR) is 93.1 cm³/mol. The second kappa shape index (κ2) is 6.64. The highest BCUT2D eigenvalue weighted by Crippen LogP contribution is 2.35. The zero-order valence-electron chi connectivity index (χ0n) is 13.5. The molecule has 2 unspecified atom stereocenters. The zero-order chi connectivity index (χ0) is 17.2. The maximum absolute atomic E-state index is 13.1. The summed E-state index contributed by atoms with van der Waals surface area (Å²) in [5.74, 6) is -0.323. The van der Waals surface area contributed by atoms with Crippen LogP contribution < -0.4 is 21.7 Å². The second-order valence-electron chi connectivity index (χ2n) is 6.12. The van der Waals surface area contributed by atoms with E-state index in [4.69, 9.17) is 0 Å². The summed E-state index contributed by atoms with van der Waals surface area (Å²) in [4.78, 5) is 27.1. The Labute approximate surface area is 145 Å². The van der Waals surface area contributed by atoms with Crippen LogP contribution in [0, 0.1) is 0 Å². The van der Waals surface area contributed by atoms with E-state index in [-0.39, 0.29) is 24.4 Å². The van der Waals surface area contributed by atoms with Crippen molar-refractivity contribution < 1.29 is 9.59 Å². The molecule has 25 heavy (non-hydrogen) atoms. The number of hydrogen-bond donors (Lipinski definition) is 4. The number of para-hydroxylation sites is 1. The molecule has 0 aromatic heterocycles. The van der Waals surface area contributed by atoms with Gasteiger partial charge in [-0.05, 0) is 11.6 Å². The quantitative estimate of drug-likeness (QED) is 0.643. The number of nitrogens with one attached hydrogen (secondary N) is 4. The Balaban J connectivity index is 1.82. The standard InChI is InChI=1S/C18H19N5O2/c24-16-11-23(18(25)15-10-19-22-21-15)17(12-6-2-1-3-7-12)13-8-4-5-9-14(13)20-16/h1-9,15,17,19,21-22H,10-11H2,(H,20,24). The minimum absolute atomic E-state index is 0.00521. The zero-order valence-corrected chi connectivity index (χ0v) is 13.5. The number of carbonyl (C=O) groups excluding carboxylic acids is 2. The normalized spacial score (nSPS) is 22.9. The van der Waals surface area contributed by atoms with Crippen molar-refractivity contribution in [2.45, 2.75) is 12.1 Å². The largest absolute Gasteiger partial charge is 0.324 e. The molecule has 2 amide bonds. The van der Waals surface area contributed by atoms with E-state index in [0.717, 1.165) is 16.8 Å². The van der Waals surface area contributed by atoms with E-state index < -0.39 is 6.04 Å². The molecule has 2 aromatic carbocycles. The summed E-state index contributed by atoms with van der Waals surface area (Å²) in [7, 11) is 0. The van der Waals surface area contributed by atoms with E-state index in [1.54, 1.807) is 4.90 Å². The molecule has 0 radical (unpaired) electrons. The highest BCUT2D eigenvalue weighted by Gasteiger charge is 2.37. The van der Waals surface area contributed by atoms with Crippen LogP contribution in [-0.4, -0.2) is 35.8 Å². The minimum Gasteiger partial charge on any atom is -0.324 e. The molecule has 1 fully saturated rings. The van der Waals surface area contributed by atoms with Gasteiger partial charge in [0.15, 0.2) is 0 Å². The molecule has 4 rings (SSSR count). The maximum Gasteiger partial charge on any atom is 0.244 e. The molecule has 2 aliphatic rings. The maximum atomic E-state index is 13.1. The molecule has 4 N–H and O–H groups in total. The molecule has 0 bridgehead atoms. The van der Waals surface area contributed by atoms with Crippen molar-refractivity contribution in [1.82, 2.24) is 21.3 Å². The summed E-state index contributed by atoms with van der Waals surface area (Å²) in [5.41, 5.74) is 11.2. The lowest BCUT2D eigenvalue weighted by Crippen LogP contribution is -2.49. The molecule has 128 valence electrons. The summed E-state index contributed by atoms with van der Waals surface area (Å²) in [6.45, 7) is 0.464. The van der Waals surface area contributed by atoms with Gasteiger partial charge in [-0.1, -0.05) is 48.5 Å². The highest BCUT2D eigenvalue weighted by molar-refractivity contribution is 5.98. The number of amides is 2. The Morgan fingerprint density at radius 3 is 2.56 bits per heavy atom. The number of hydrazine groups is 2. The van der Waals surface area contributed by atoms with Crippen molar-refractivity contribution in [1.29, 1.82) is 0 Å². The first kappa shape index (κ1) is 15.8. The first-order valence-electron chi connectivity index (χ1n) is 8.21. The molecule has 2 heterocycles. The van der Waals surface area contributed by atoms with E-state index in [1.165, 1.54) is 0 Å². The Morgan fingerprint density at radius 1 is 1.04 bits per heavy atom. The summed E-state index contributed by atoms with van der Waals surface area (Å²) in [6.07, 6.45) is 0. The Bertz CT molecular complexity index is 789. The number of anilines is 1. The topological polar surface area (TPSA) is 85.5 Å². The van der Waals surface area contributed by atoms with Gasteiger partial charge in [0.2, 0.25) is 11.8 Å². The van der Waals surface area contributed by atoms with Gasteiger partial charge in [0, 0.05) is 17.8 Å². The molecule has 0 spiro atoms. The van der Waals surface area contributed by atoms with Gasteiger partial charge in [-0.3, -0.25) is 9.59 Å². The van der Waals surface area contributed by atoms with Crippen LogP contribution in [0.5, 0.6) is 0 Å². The van der Waals surface area contributed by atoms with Crippen LogP contribution in [0.2, 0.25) is 0 Å². The fraction of sp³-hybridized carbons (Fsp3) is 0.222. The van der Waals surface area contributed by atoms with E-state index >= 15 is 0 Å². The first-order chi connectivity index (χ1) is 12.2. The van der Waals surface area contributed by atoms with Gasteiger partial charge in [-0.15, -0.1) is 0 Å². The highest BCUT2D eigenvalue weighted by atomic mass is 16.2. The SMILES string of the molecule is O=C1CN(C(=O)C2CNNN2)C(c2ccccc2)c2ccccc2N1. The van der Waals surface area contributed by atoms with Crippen molar-refractivity contribution in [3.05, 3.63) is 65.7 Å². The number of benzene rings is 2. The van der Waals surface area contributed by atoms with Crippen molar-refractivity contribution in [3.8, 4) is 0 Å². The number of fused-ring (bicyclic) bond motifs is 1. The molecule has 1 saturated heterocycles. The van der Waals surface area contributed by atoms with E-state index in [1.807, 2.05) is 54.6 Å². The lowest BCUT2D eigenvalue weighted by atomic mass is 9.95. The smallest absolute Gasteiger partial charge is 0.244 e. The van der Waals surface area contributed by atoms with Crippen LogP contribution in [0.25, 0.3) is 0 Å². The summed E-state index contributed by atoms with van der Waals surface area (Å²) in [6, 6.07) is 16.7. The first-order valence-corrected chi connectivity index (χ1v) is 8.21. The lowest BCUT2D eigenvalue weighted by molar-refractivity contribution is -0.137. The number of rotatable bonds is 2. The van der Waals surface area contributed by atoms with Crippen LogP contribution in [0.1, 0.15) is 17.2 Å². The number of nitrogens with zero attached hydrogens (tertiary/aromatic N) is 1. The van der Waals surface area contributed by atoms with Crippen molar-refractivity contribution >= 4 is 17.5 Å². The number of carbonyl (C=O) groups is 2. The van der Waals surface area contributed by atoms with Crippen LogP contribution in [0.4, 0.5) is 5.69 Å². The van der Waals surface area contributed by atoms with Gasteiger partial charge in [0.1, 0.15) is 12.6 Å². The average Bonchev–Trinajstić information content (AvgIpc) is 3.12. The summed E-state index contributed by atoms with van der Waals surface area (Å²) in [5, 5.41) is 2.91. The third kappa shape index (κ3) is 3.00. The molecule has 7 heteroatoms. The molecule has 7 nitrogen and oxygen atoms in total. The van der Waals surface area contributed by atoms with Gasteiger partial charge in [-0.2, -0.15) is 5.53 Å². The molecular weight excluding hydrogens is 318 g/mol. The Kier molecular flexibility index (Phi) is 4.19. The minimum atomic E-state index is -0.427. The van der Waals surface area contributed by atoms with Crippen LogP contribution >= 0.6 is 0 Å². The molecule has 2 aromatic rings. The Hall–Kier alpha value is -2.74. The predicted octanol–water partition coefficient (Wildman–Crippen LogP) is 0.538. The van der Waals surface area contributed by atoms with Gasteiger partial charge < -0.3 is 10.2 Å². The van der Waals surface area contributed by atoms with Crippen LogP contribution in [0.15, 0.2) is 54.6 Å². The van der Waals surface area contributed by atoms with E-state index in [2.05, 4.69) is 21.7 Å². The molecule has 0 saturated carbocycles.